The number of fused-ring (bicyclic) bond motifs is 2. The summed E-state index contributed by atoms with van der Waals surface area (Å²) in [4.78, 5) is 90.6. The van der Waals surface area contributed by atoms with Gasteiger partial charge in [0.25, 0.3) is 17.7 Å². The molecule has 0 spiro atoms. The average Bonchev–Trinajstić information content (AvgIpc) is 3.69. The molecule has 3 aliphatic heterocycles. The van der Waals surface area contributed by atoms with Crippen LogP contribution in [0.2, 0.25) is 0 Å². The van der Waals surface area contributed by atoms with Crippen molar-refractivity contribution in [3.8, 4) is 11.3 Å². The molecule has 9 rings (SSSR count). The third-order valence-electron chi connectivity index (χ3n) is 11.8. The number of piperazine rings is 1. The Kier molecular flexibility index (Phi) is 11.2. The van der Waals surface area contributed by atoms with Gasteiger partial charge in [-0.3, -0.25) is 53.4 Å². The minimum Gasteiger partial charge on any atom is -0.384 e. The molecule has 1 unspecified atom stereocenters. The fourth-order valence-electron chi connectivity index (χ4n) is 8.24. The fourth-order valence-corrected chi connectivity index (χ4v) is 8.24. The normalized spacial score (nSPS) is 18.0. The Morgan fingerprint density at radius 2 is 1.76 bits per heavy atom. The molecule has 18 nitrogen and oxygen atoms in total. The number of aromatic nitrogens is 5. The van der Waals surface area contributed by atoms with E-state index in [0.29, 0.717) is 88.1 Å². The highest BCUT2D eigenvalue weighted by molar-refractivity contribution is 6.25. The van der Waals surface area contributed by atoms with Crippen molar-refractivity contribution >= 4 is 58.3 Å². The van der Waals surface area contributed by atoms with Gasteiger partial charge in [-0.25, -0.2) is 14.4 Å². The largest absolute Gasteiger partial charge is 0.384 e. The molecule has 6 amide bonds. The van der Waals surface area contributed by atoms with Crippen LogP contribution < -0.4 is 21.3 Å². The minimum atomic E-state index is -1.04. The number of rotatable bonds is 15. The zero-order chi connectivity index (χ0) is 42.9. The van der Waals surface area contributed by atoms with E-state index in [1.54, 1.807) is 53.8 Å². The number of carbonyl (C=O) groups is 6. The van der Waals surface area contributed by atoms with Gasteiger partial charge in [-0.15, -0.1) is 0 Å². The summed E-state index contributed by atoms with van der Waals surface area (Å²) in [5, 5.41) is 18.4. The molecule has 2 aromatic carbocycles. The molecule has 3 aromatic heterocycles. The number of imidazole rings is 1. The molecular formula is C43H45FN12O6. The number of nitrogens with one attached hydrogen (secondary N) is 5. The van der Waals surface area contributed by atoms with Gasteiger partial charge in [0.05, 0.1) is 40.6 Å². The van der Waals surface area contributed by atoms with Crippen LogP contribution >= 0.6 is 0 Å². The number of aromatic amines is 1. The van der Waals surface area contributed by atoms with Gasteiger partial charge < -0.3 is 20.9 Å². The number of anilines is 3. The smallest absolute Gasteiger partial charge is 0.264 e. The standard InChI is InChI=1S/C43H45FN12O6/c44-29-20-26(9-10-30(29)50-38-39-47-23-34(27-21-48-49-22-27)55(39)24-32(51-38)25-7-8-25)41(60)54-18-16-53(17-19-54)15-14-46-35(57)6-1-2-13-45-31-5-3-4-28-37(31)43(62)56(42(28)61)33-11-12-36(58)52-40(33)59/h3-5,9-10,20-25,33,45H,1-2,6-8,11-19H2,(H,46,57)(H,48,49)(H,50,51)(H,52,58,59). The summed E-state index contributed by atoms with van der Waals surface area (Å²) in [6.07, 6.45) is 11.0. The van der Waals surface area contributed by atoms with Crippen molar-refractivity contribution < 1.29 is 33.2 Å². The number of unbranched alkanes of at least 4 members (excludes halogenated alkanes) is 1. The Bertz CT molecular complexity index is 2580. The predicted octanol–water partition coefficient (Wildman–Crippen LogP) is 3.44. The summed E-state index contributed by atoms with van der Waals surface area (Å²) in [7, 11) is 0. The molecule has 1 saturated carbocycles. The molecule has 5 aromatic rings. The number of carbonyl (C=O) groups excluding carboxylic acids is 6. The lowest BCUT2D eigenvalue weighted by Crippen LogP contribution is -2.54. The van der Waals surface area contributed by atoms with Crippen LogP contribution in [-0.4, -0.2) is 127 Å². The Hall–Kier alpha value is -7.02. The number of hydrogen-bond acceptors (Lipinski definition) is 12. The van der Waals surface area contributed by atoms with Crippen LogP contribution in [0.1, 0.15) is 87.6 Å². The van der Waals surface area contributed by atoms with Crippen LogP contribution in [0.25, 0.3) is 16.9 Å². The van der Waals surface area contributed by atoms with Gasteiger partial charge in [0.1, 0.15) is 11.9 Å². The third-order valence-corrected chi connectivity index (χ3v) is 11.8. The van der Waals surface area contributed by atoms with E-state index >= 15 is 4.39 Å². The Balaban J connectivity index is 0.697. The molecule has 3 fully saturated rings. The molecule has 320 valence electrons. The molecule has 5 N–H and O–H groups in total. The van der Waals surface area contributed by atoms with Crippen LogP contribution in [0.3, 0.4) is 0 Å². The third kappa shape index (κ3) is 8.22. The molecule has 19 heteroatoms. The highest BCUT2D eigenvalue weighted by Crippen LogP contribution is 2.41. The zero-order valence-corrected chi connectivity index (χ0v) is 33.8. The second-order valence-electron chi connectivity index (χ2n) is 16.0. The molecule has 0 bridgehead atoms. The van der Waals surface area contributed by atoms with E-state index in [4.69, 9.17) is 4.98 Å². The van der Waals surface area contributed by atoms with E-state index in [2.05, 4.69) is 41.3 Å². The number of hydrogen-bond donors (Lipinski definition) is 5. The lowest BCUT2D eigenvalue weighted by molar-refractivity contribution is -0.136. The van der Waals surface area contributed by atoms with Crippen LogP contribution in [-0.2, 0) is 14.4 Å². The number of benzene rings is 2. The monoisotopic (exact) mass is 844 g/mol. The average molecular weight is 845 g/mol. The Labute approximate surface area is 354 Å². The van der Waals surface area contributed by atoms with E-state index in [-0.39, 0.29) is 47.0 Å². The molecule has 62 heavy (non-hydrogen) atoms. The van der Waals surface area contributed by atoms with Gasteiger partial charge >= 0.3 is 0 Å². The highest BCUT2D eigenvalue weighted by atomic mass is 19.1. The fraction of sp³-hybridized carbons (Fsp3) is 0.372. The summed E-state index contributed by atoms with van der Waals surface area (Å²) in [6, 6.07) is 8.29. The van der Waals surface area contributed by atoms with Crippen LogP contribution in [0.5, 0.6) is 0 Å². The molecule has 4 aliphatic rings. The van der Waals surface area contributed by atoms with Crippen molar-refractivity contribution in [3.05, 3.63) is 89.4 Å². The van der Waals surface area contributed by atoms with Gasteiger partial charge in [-0.2, -0.15) is 5.10 Å². The summed E-state index contributed by atoms with van der Waals surface area (Å²) in [5.74, 6) is -2.37. The van der Waals surface area contributed by atoms with Crippen molar-refractivity contribution in [2.24, 2.45) is 0 Å². The zero-order valence-electron chi connectivity index (χ0n) is 33.8. The molecule has 0 radical (unpaired) electrons. The first kappa shape index (κ1) is 40.4. The molecule has 1 atom stereocenters. The first-order chi connectivity index (χ1) is 30.1. The summed E-state index contributed by atoms with van der Waals surface area (Å²) < 4.78 is 17.5. The SMILES string of the molecule is O=C(CCCCNc1cccc2c1C(=O)N(C1CCC(=O)NC1=O)C2=O)NCCN1CCN(C(=O)c2ccc(Nc3nc(C4CC4)cn4c(-c5cn[nH]c5)cnc34)c(F)c2)CC1. The first-order valence-corrected chi connectivity index (χ1v) is 20.9. The number of H-pyrrole nitrogens is 1. The van der Waals surface area contributed by atoms with Crippen molar-refractivity contribution in [2.45, 2.75) is 56.9 Å². The van der Waals surface area contributed by atoms with Crippen LogP contribution in [0.4, 0.5) is 21.6 Å². The summed E-state index contributed by atoms with van der Waals surface area (Å²) >= 11 is 0. The molecule has 2 saturated heterocycles. The number of nitrogens with zero attached hydrogens (tertiary/aromatic N) is 7. The molecular weight excluding hydrogens is 800 g/mol. The quantitative estimate of drug-likeness (QED) is 0.0757. The van der Waals surface area contributed by atoms with E-state index in [1.165, 1.54) is 6.07 Å². The maximum atomic E-state index is 15.6. The van der Waals surface area contributed by atoms with Crippen molar-refractivity contribution in [3.63, 3.8) is 0 Å². The first-order valence-electron chi connectivity index (χ1n) is 20.9. The molecule has 1 aliphatic carbocycles. The second kappa shape index (κ2) is 17.2. The lowest BCUT2D eigenvalue weighted by atomic mass is 10.0. The van der Waals surface area contributed by atoms with E-state index in [9.17, 15) is 28.8 Å². The van der Waals surface area contributed by atoms with Crippen LogP contribution in [0, 0.1) is 5.82 Å². The Morgan fingerprint density at radius 3 is 2.52 bits per heavy atom. The van der Waals surface area contributed by atoms with E-state index in [0.717, 1.165) is 34.7 Å². The number of amides is 6. The number of piperidine rings is 1. The van der Waals surface area contributed by atoms with E-state index in [1.807, 2.05) is 10.6 Å². The van der Waals surface area contributed by atoms with Gasteiger partial charge in [-0.1, -0.05) is 6.07 Å². The Morgan fingerprint density at radius 1 is 0.919 bits per heavy atom. The van der Waals surface area contributed by atoms with Gasteiger partial charge in [0.2, 0.25) is 17.7 Å². The maximum absolute atomic E-state index is 15.6. The topological polar surface area (TPSA) is 219 Å². The van der Waals surface area contributed by atoms with Crippen molar-refractivity contribution in [1.29, 1.82) is 0 Å². The maximum Gasteiger partial charge on any atom is 0.264 e. The second-order valence-corrected chi connectivity index (χ2v) is 16.0. The van der Waals surface area contributed by atoms with Gasteiger partial charge in [-0.05, 0) is 62.4 Å². The van der Waals surface area contributed by atoms with E-state index < -0.39 is 35.5 Å². The number of halogens is 1. The predicted molar refractivity (Wildman–Crippen MR) is 223 cm³/mol. The van der Waals surface area contributed by atoms with Gasteiger partial charge in [0.15, 0.2) is 11.5 Å². The van der Waals surface area contributed by atoms with Crippen LogP contribution in [0.15, 0.2) is 61.2 Å². The minimum absolute atomic E-state index is 0.0461. The van der Waals surface area contributed by atoms with Crippen molar-refractivity contribution in [1.82, 2.24) is 49.9 Å². The van der Waals surface area contributed by atoms with Crippen molar-refractivity contribution in [2.75, 3.05) is 56.4 Å². The molecule has 6 heterocycles. The van der Waals surface area contributed by atoms with Gasteiger partial charge in [0, 0.05) is 93.8 Å². The highest BCUT2D eigenvalue weighted by Gasteiger charge is 2.45. The lowest BCUT2D eigenvalue weighted by Gasteiger charge is -2.34. The summed E-state index contributed by atoms with van der Waals surface area (Å²) in [5.41, 5.74) is 4.46. The summed E-state index contributed by atoms with van der Waals surface area (Å²) in [6.45, 7) is 3.69. The number of imide groups is 2.